The molecule has 26 heavy (non-hydrogen) atoms. The van der Waals surface area contributed by atoms with E-state index in [9.17, 15) is 0 Å². The average Bonchev–Trinajstić information content (AvgIpc) is 2.54. The van der Waals surface area contributed by atoms with Crippen LogP contribution in [0.15, 0.2) is 24.3 Å². The number of carboxylic acid groups (broad SMARTS) is 2. The molecule has 3 N–H and O–H groups in total. The second-order valence-corrected chi connectivity index (χ2v) is 6.16. The summed E-state index contributed by atoms with van der Waals surface area (Å²) in [6.45, 7) is 11.7. The minimum absolute atomic E-state index is 0.138. The van der Waals surface area contributed by atoms with Crippen LogP contribution in [0.2, 0.25) is 0 Å². The predicted octanol–water partition coefficient (Wildman–Crippen LogP) is 2.02. The molecule has 1 rings (SSSR count). The zero-order valence-electron chi connectivity index (χ0n) is 15.8. The van der Waals surface area contributed by atoms with Crippen LogP contribution in [-0.2, 0) is 14.3 Å². The van der Waals surface area contributed by atoms with Crippen LogP contribution in [0.25, 0.3) is 0 Å². The van der Waals surface area contributed by atoms with Gasteiger partial charge in [0.2, 0.25) is 0 Å². The highest BCUT2D eigenvalue weighted by Crippen LogP contribution is 2.19. The first-order valence-electron chi connectivity index (χ1n) is 8.30. The van der Waals surface area contributed by atoms with Gasteiger partial charge in [0.25, 0.3) is 0 Å². The third kappa shape index (κ3) is 14.1. The fraction of sp³-hybridized carbons (Fsp3) is 0.556. The lowest BCUT2D eigenvalue weighted by atomic mass is 10.1. The van der Waals surface area contributed by atoms with Crippen molar-refractivity contribution in [3.8, 4) is 11.5 Å². The summed E-state index contributed by atoms with van der Waals surface area (Å²) in [6.07, 6.45) is 0. The van der Waals surface area contributed by atoms with Crippen molar-refractivity contribution in [2.24, 2.45) is 0 Å². The number of rotatable bonds is 9. The summed E-state index contributed by atoms with van der Waals surface area (Å²) < 4.78 is 16.5. The van der Waals surface area contributed by atoms with Gasteiger partial charge in [-0.05, 0) is 39.8 Å². The van der Waals surface area contributed by atoms with Crippen LogP contribution < -0.4 is 14.8 Å². The van der Waals surface area contributed by atoms with Crippen LogP contribution in [0.5, 0.6) is 11.5 Å². The van der Waals surface area contributed by atoms with Gasteiger partial charge in [0.15, 0.2) is 0 Å². The fourth-order valence-corrected chi connectivity index (χ4v) is 1.64. The molecule has 8 heteroatoms. The van der Waals surface area contributed by atoms with Crippen LogP contribution in [0.1, 0.15) is 27.7 Å². The summed E-state index contributed by atoms with van der Waals surface area (Å²) in [7, 11) is 0. The maximum Gasteiger partial charge on any atom is 0.414 e. The molecule has 0 bridgehead atoms. The van der Waals surface area contributed by atoms with Crippen molar-refractivity contribution >= 4 is 11.9 Å². The van der Waals surface area contributed by atoms with E-state index in [-0.39, 0.29) is 5.54 Å². The van der Waals surface area contributed by atoms with Crippen molar-refractivity contribution in [1.82, 2.24) is 5.32 Å². The summed E-state index contributed by atoms with van der Waals surface area (Å²) in [4.78, 5) is 18.2. The Bertz CT molecular complexity index is 529. The van der Waals surface area contributed by atoms with E-state index in [2.05, 4.69) is 26.1 Å². The highest BCUT2D eigenvalue weighted by atomic mass is 16.5. The Kier molecular flexibility index (Phi) is 11.8. The molecule has 0 spiro atoms. The van der Waals surface area contributed by atoms with E-state index in [1.165, 1.54) is 0 Å². The van der Waals surface area contributed by atoms with Crippen molar-refractivity contribution in [1.29, 1.82) is 0 Å². The minimum Gasteiger partial charge on any atom is -0.494 e. The van der Waals surface area contributed by atoms with Gasteiger partial charge < -0.3 is 29.7 Å². The molecule has 0 radical (unpaired) electrons. The highest BCUT2D eigenvalue weighted by Gasteiger charge is 2.07. The minimum atomic E-state index is -1.82. The third-order valence-electron chi connectivity index (χ3n) is 2.70. The molecule has 148 valence electrons. The van der Waals surface area contributed by atoms with Gasteiger partial charge in [0.05, 0.1) is 19.8 Å². The Morgan fingerprint density at radius 2 is 1.58 bits per heavy atom. The molecular formula is C18H29NO7. The number of carboxylic acids is 2. The maximum atomic E-state index is 9.10. The number of ether oxygens (including phenoxy) is 3. The Balaban J connectivity index is 0.000000896. The first-order chi connectivity index (χ1) is 12.2. The molecule has 1 aromatic carbocycles. The smallest absolute Gasteiger partial charge is 0.414 e. The maximum absolute atomic E-state index is 9.10. The number of hydrogen-bond acceptors (Lipinski definition) is 6. The van der Waals surface area contributed by atoms with Gasteiger partial charge in [0.1, 0.15) is 18.1 Å². The van der Waals surface area contributed by atoms with Gasteiger partial charge in [0, 0.05) is 18.2 Å². The predicted molar refractivity (Wildman–Crippen MR) is 97.0 cm³/mol. The third-order valence-corrected chi connectivity index (χ3v) is 2.70. The summed E-state index contributed by atoms with van der Waals surface area (Å²) in [5.41, 5.74) is 0.138. The quantitative estimate of drug-likeness (QED) is 0.446. The molecule has 0 aliphatic carbocycles. The van der Waals surface area contributed by atoms with Crippen LogP contribution >= 0.6 is 0 Å². The first kappa shape index (κ1) is 23.7. The van der Waals surface area contributed by atoms with Crippen LogP contribution in [0, 0.1) is 0 Å². The molecule has 0 amide bonds. The lowest BCUT2D eigenvalue weighted by molar-refractivity contribution is -0.159. The molecule has 0 heterocycles. The monoisotopic (exact) mass is 371 g/mol. The van der Waals surface area contributed by atoms with Crippen molar-refractivity contribution in [3.05, 3.63) is 24.3 Å². The van der Waals surface area contributed by atoms with E-state index >= 15 is 0 Å². The summed E-state index contributed by atoms with van der Waals surface area (Å²) >= 11 is 0. The van der Waals surface area contributed by atoms with Gasteiger partial charge >= 0.3 is 11.9 Å². The van der Waals surface area contributed by atoms with E-state index < -0.39 is 11.9 Å². The molecule has 0 aromatic heterocycles. The van der Waals surface area contributed by atoms with Crippen LogP contribution in [-0.4, -0.2) is 60.7 Å². The molecule has 0 saturated carbocycles. The van der Waals surface area contributed by atoms with E-state index in [0.717, 1.165) is 18.0 Å². The Morgan fingerprint density at radius 3 is 2.08 bits per heavy atom. The lowest BCUT2D eigenvalue weighted by Gasteiger charge is -2.20. The van der Waals surface area contributed by atoms with Crippen molar-refractivity contribution < 1.29 is 34.0 Å². The standard InChI is InChI=1S/C16H27NO3.C2H2O4/c1-5-19-14-7-6-8-15(13-14)20-12-11-18-10-9-17-16(2,3)4;3-1(4)2(5)6/h6-8,13,17H,5,9-12H2,1-4H3;(H,3,4)(H,5,6). The number of carbonyl (C=O) groups is 2. The first-order valence-corrected chi connectivity index (χ1v) is 8.30. The molecule has 0 atom stereocenters. The summed E-state index contributed by atoms with van der Waals surface area (Å²) in [6, 6.07) is 7.66. The number of hydrogen-bond donors (Lipinski definition) is 3. The molecule has 1 aromatic rings. The second kappa shape index (κ2) is 13.0. The van der Waals surface area contributed by atoms with Gasteiger partial charge in [-0.3, -0.25) is 0 Å². The Labute approximate surface area is 154 Å². The lowest BCUT2D eigenvalue weighted by Crippen LogP contribution is -2.38. The number of nitrogens with one attached hydrogen (secondary N) is 1. The Hall–Kier alpha value is -2.32. The molecular weight excluding hydrogens is 342 g/mol. The average molecular weight is 371 g/mol. The van der Waals surface area contributed by atoms with Gasteiger partial charge in [-0.25, -0.2) is 9.59 Å². The molecule has 0 saturated heterocycles. The second-order valence-electron chi connectivity index (χ2n) is 6.16. The SMILES string of the molecule is CCOc1cccc(OCCOCCNC(C)(C)C)c1.O=C(O)C(=O)O. The largest absolute Gasteiger partial charge is 0.494 e. The van der Waals surface area contributed by atoms with Gasteiger partial charge in [-0.1, -0.05) is 6.07 Å². The fourth-order valence-electron chi connectivity index (χ4n) is 1.64. The van der Waals surface area contributed by atoms with E-state index in [0.29, 0.717) is 26.4 Å². The van der Waals surface area contributed by atoms with E-state index in [1.807, 2.05) is 31.2 Å². The van der Waals surface area contributed by atoms with Crippen molar-refractivity contribution in [2.45, 2.75) is 33.2 Å². The van der Waals surface area contributed by atoms with Crippen molar-refractivity contribution in [2.75, 3.05) is 33.0 Å². The highest BCUT2D eigenvalue weighted by molar-refractivity contribution is 6.27. The molecule has 8 nitrogen and oxygen atoms in total. The van der Waals surface area contributed by atoms with Crippen molar-refractivity contribution in [3.63, 3.8) is 0 Å². The van der Waals surface area contributed by atoms with Gasteiger partial charge in [-0.2, -0.15) is 0 Å². The number of benzene rings is 1. The Morgan fingerprint density at radius 1 is 1.00 bits per heavy atom. The number of aliphatic carboxylic acids is 2. The molecule has 0 aliphatic heterocycles. The van der Waals surface area contributed by atoms with Crippen LogP contribution in [0.4, 0.5) is 0 Å². The van der Waals surface area contributed by atoms with Gasteiger partial charge in [-0.15, -0.1) is 0 Å². The summed E-state index contributed by atoms with van der Waals surface area (Å²) in [5, 5.41) is 18.2. The molecule has 0 aliphatic rings. The molecule has 0 unspecified atom stereocenters. The molecule has 0 fully saturated rings. The summed E-state index contributed by atoms with van der Waals surface area (Å²) in [5.74, 6) is -2.00. The topological polar surface area (TPSA) is 114 Å². The zero-order chi connectivity index (χ0) is 20.0. The normalized spacial score (nSPS) is 10.5. The van der Waals surface area contributed by atoms with E-state index in [4.69, 9.17) is 34.0 Å². The zero-order valence-corrected chi connectivity index (χ0v) is 15.8. The van der Waals surface area contributed by atoms with Crippen LogP contribution in [0.3, 0.4) is 0 Å². The van der Waals surface area contributed by atoms with E-state index in [1.54, 1.807) is 0 Å².